The number of aryl methyl sites for hydroxylation is 2. The van der Waals surface area contributed by atoms with Crippen molar-refractivity contribution in [3.63, 3.8) is 0 Å². The van der Waals surface area contributed by atoms with Gasteiger partial charge in [-0.25, -0.2) is 4.98 Å². The van der Waals surface area contributed by atoms with Crippen molar-refractivity contribution in [1.82, 2.24) is 20.0 Å². The average Bonchev–Trinajstić information content (AvgIpc) is 3.28. The Morgan fingerprint density at radius 3 is 2.75 bits per heavy atom. The van der Waals surface area contributed by atoms with Gasteiger partial charge in [-0.1, -0.05) is 29.4 Å². The van der Waals surface area contributed by atoms with Crippen LogP contribution in [-0.2, 0) is 19.3 Å². The van der Waals surface area contributed by atoms with Gasteiger partial charge in [-0.3, -0.25) is 4.79 Å². The van der Waals surface area contributed by atoms with Crippen molar-refractivity contribution in [3.8, 4) is 0 Å². The molecule has 2 heterocycles. The number of nitrogens with one attached hydrogen (secondary N) is 1. The lowest BCUT2D eigenvalue weighted by Gasteiger charge is -2.09. The third-order valence-corrected chi connectivity index (χ3v) is 5.58. The molecule has 0 radical (unpaired) electrons. The number of amides is 1. The molecule has 28 heavy (non-hydrogen) atoms. The van der Waals surface area contributed by atoms with Gasteiger partial charge in [-0.15, -0.1) is 11.8 Å². The first-order valence-electron chi connectivity index (χ1n) is 8.94. The first-order chi connectivity index (χ1) is 13.6. The predicted molar refractivity (Wildman–Crippen MR) is 109 cm³/mol. The van der Waals surface area contributed by atoms with Crippen molar-refractivity contribution < 1.29 is 9.32 Å². The zero-order valence-electron chi connectivity index (χ0n) is 15.7. The van der Waals surface area contributed by atoms with Crippen molar-refractivity contribution in [2.75, 3.05) is 0 Å². The fourth-order valence-corrected chi connectivity index (χ4v) is 3.96. The molecule has 0 fully saturated rings. The van der Waals surface area contributed by atoms with Gasteiger partial charge in [0, 0.05) is 23.8 Å². The minimum absolute atomic E-state index is 0.119. The number of para-hydroxylation sites is 2. The van der Waals surface area contributed by atoms with E-state index in [-0.39, 0.29) is 5.91 Å². The highest BCUT2D eigenvalue weighted by Gasteiger charge is 2.14. The van der Waals surface area contributed by atoms with E-state index in [1.807, 2.05) is 73.1 Å². The standard InChI is InChI=1S/C21H20N4O2S/c1-14-11-15(24-27-14)13-28-19-10-6-3-7-16(19)21(26)22-12-20-23-17-8-4-5-9-18(17)25(20)2/h3-11H,12-13H2,1-2H3,(H,22,26). The van der Waals surface area contributed by atoms with E-state index in [1.165, 1.54) is 0 Å². The van der Waals surface area contributed by atoms with Crippen molar-refractivity contribution in [3.05, 3.63) is 77.4 Å². The number of fused-ring (bicyclic) bond motifs is 1. The molecule has 4 aromatic rings. The Morgan fingerprint density at radius 2 is 1.96 bits per heavy atom. The summed E-state index contributed by atoms with van der Waals surface area (Å²) >= 11 is 1.57. The van der Waals surface area contributed by atoms with Crippen molar-refractivity contribution in [2.45, 2.75) is 24.1 Å². The van der Waals surface area contributed by atoms with Gasteiger partial charge in [0.1, 0.15) is 11.6 Å². The van der Waals surface area contributed by atoms with Crippen LogP contribution in [0.5, 0.6) is 0 Å². The van der Waals surface area contributed by atoms with Crippen LogP contribution in [0.3, 0.4) is 0 Å². The summed E-state index contributed by atoms with van der Waals surface area (Å²) in [6.45, 7) is 2.23. The van der Waals surface area contributed by atoms with Gasteiger partial charge in [0.25, 0.3) is 5.91 Å². The number of imidazole rings is 1. The first kappa shape index (κ1) is 18.3. The van der Waals surface area contributed by atoms with Crippen molar-refractivity contribution >= 4 is 28.7 Å². The van der Waals surface area contributed by atoms with E-state index >= 15 is 0 Å². The summed E-state index contributed by atoms with van der Waals surface area (Å²) < 4.78 is 7.11. The number of aromatic nitrogens is 3. The van der Waals surface area contributed by atoms with Gasteiger partial charge in [-0.05, 0) is 31.2 Å². The van der Waals surface area contributed by atoms with Crippen LogP contribution in [-0.4, -0.2) is 20.6 Å². The molecule has 0 bridgehead atoms. The molecule has 1 amide bonds. The molecule has 2 aromatic carbocycles. The van der Waals surface area contributed by atoms with Crippen LogP contribution in [0.4, 0.5) is 0 Å². The van der Waals surface area contributed by atoms with Crippen molar-refractivity contribution in [2.24, 2.45) is 7.05 Å². The van der Waals surface area contributed by atoms with Crippen molar-refractivity contribution in [1.29, 1.82) is 0 Å². The van der Waals surface area contributed by atoms with E-state index in [1.54, 1.807) is 11.8 Å². The van der Waals surface area contributed by atoms with Gasteiger partial charge in [0.2, 0.25) is 0 Å². The Bertz CT molecular complexity index is 1130. The number of carbonyl (C=O) groups is 1. The van der Waals surface area contributed by atoms with Crippen LogP contribution in [0.1, 0.15) is 27.6 Å². The SMILES string of the molecule is Cc1cc(CSc2ccccc2C(=O)NCc2nc3ccccc3n2C)no1. The van der Waals surface area contributed by atoms with Gasteiger partial charge in [0.05, 0.1) is 28.8 Å². The molecule has 142 valence electrons. The first-order valence-corrected chi connectivity index (χ1v) is 9.93. The van der Waals surface area contributed by atoms with Gasteiger partial charge in [-0.2, -0.15) is 0 Å². The fourth-order valence-electron chi connectivity index (χ4n) is 3.03. The van der Waals surface area contributed by atoms with E-state index < -0.39 is 0 Å². The Labute approximate surface area is 166 Å². The summed E-state index contributed by atoms with van der Waals surface area (Å²) in [5.41, 5.74) is 3.47. The van der Waals surface area contributed by atoms with Crippen LogP contribution in [0.2, 0.25) is 0 Å². The number of benzene rings is 2. The maximum Gasteiger partial charge on any atom is 0.252 e. The largest absolute Gasteiger partial charge is 0.361 e. The van der Waals surface area contributed by atoms with E-state index in [4.69, 9.17) is 4.52 Å². The highest BCUT2D eigenvalue weighted by atomic mass is 32.2. The second-order valence-corrected chi connectivity index (χ2v) is 7.49. The summed E-state index contributed by atoms with van der Waals surface area (Å²) in [6, 6.07) is 17.4. The number of carbonyl (C=O) groups excluding carboxylic acids is 1. The molecule has 4 rings (SSSR count). The molecule has 7 heteroatoms. The topological polar surface area (TPSA) is 73.0 Å². The second kappa shape index (κ2) is 7.90. The third kappa shape index (κ3) is 3.80. The van der Waals surface area contributed by atoms with Crippen LogP contribution in [0, 0.1) is 6.92 Å². The maximum atomic E-state index is 12.8. The molecule has 1 N–H and O–H groups in total. The molecular formula is C21H20N4O2S. The van der Waals surface area contributed by atoms with Crippen LogP contribution in [0.15, 0.2) is 64.0 Å². The van der Waals surface area contributed by atoms with E-state index in [9.17, 15) is 4.79 Å². The Kier molecular flexibility index (Phi) is 5.16. The minimum atomic E-state index is -0.119. The predicted octanol–water partition coefficient (Wildman–Crippen LogP) is 4.09. The van der Waals surface area contributed by atoms with E-state index in [0.717, 1.165) is 33.2 Å². The summed E-state index contributed by atoms with van der Waals surface area (Å²) in [6.07, 6.45) is 0. The van der Waals surface area contributed by atoms with E-state index in [0.29, 0.717) is 17.9 Å². The third-order valence-electron chi connectivity index (χ3n) is 4.47. The number of rotatable bonds is 6. The molecule has 0 unspecified atom stereocenters. The number of thioether (sulfide) groups is 1. The molecule has 0 aliphatic carbocycles. The summed E-state index contributed by atoms with van der Waals surface area (Å²) in [5, 5.41) is 6.99. The molecule has 0 aliphatic rings. The lowest BCUT2D eigenvalue weighted by molar-refractivity contribution is 0.0946. The van der Waals surface area contributed by atoms with Crippen LogP contribution >= 0.6 is 11.8 Å². The highest BCUT2D eigenvalue weighted by Crippen LogP contribution is 2.26. The average molecular weight is 392 g/mol. The summed E-state index contributed by atoms with van der Waals surface area (Å²) in [7, 11) is 1.96. The summed E-state index contributed by atoms with van der Waals surface area (Å²) in [4.78, 5) is 18.3. The highest BCUT2D eigenvalue weighted by molar-refractivity contribution is 7.98. The molecule has 0 aliphatic heterocycles. The van der Waals surface area contributed by atoms with Gasteiger partial charge < -0.3 is 14.4 Å². The monoisotopic (exact) mass is 392 g/mol. The fraction of sp³-hybridized carbons (Fsp3) is 0.190. The smallest absolute Gasteiger partial charge is 0.252 e. The molecule has 0 spiro atoms. The number of hydrogen-bond acceptors (Lipinski definition) is 5. The van der Waals surface area contributed by atoms with E-state index in [2.05, 4.69) is 15.5 Å². The van der Waals surface area contributed by atoms with Crippen LogP contribution in [0.25, 0.3) is 11.0 Å². The van der Waals surface area contributed by atoms with Gasteiger partial charge >= 0.3 is 0 Å². The Balaban J connectivity index is 1.46. The molecule has 0 saturated carbocycles. The van der Waals surface area contributed by atoms with Crippen LogP contribution < -0.4 is 5.32 Å². The quantitative estimate of drug-likeness (QED) is 0.500. The Morgan fingerprint density at radius 1 is 1.18 bits per heavy atom. The molecule has 2 aromatic heterocycles. The van der Waals surface area contributed by atoms with Gasteiger partial charge in [0.15, 0.2) is 0 Å². The lowest BCUT2D eigenvalue weighted by Crippen LogP contribution is -2.24. The lowest BCUT2D eigenvalue weighted by atomic mass is 10.2. The minimum Gasteiger partial charge on any atom is -0.361 e. The maximum absolute atomic E-state index is 12.8. The zero-order chi connectivity index (χ0) is 19.5. The second-order valence-electron chi connectivity index (χ2n) is 6.47. The zero-order valence-corrected chi connectivity index (χ0v) is 16.5. The normalized spacial score (nSPS) is 11.1. The summed E-state index contributed by atoms with van der Waals surface area (Å²) in [5.74, 6) is 2.13. The molecule has 0 saturated heterocycles. The Hall–Kier alpha value is -3.06. The molecule has 6 nitrogen and oxygen atoms in total. The number of hydrogen-bond donors (Lipinski definition) is 1. The molecule has 0 atom stereocenters. The number of nitrogens with zero attached hydrogens (tertiary/aromatic N) is 3. The molecular weight excluding hydrogens is 372 g/mol.